The number of nitrogen functional groups attached to an aromatic ring is 1. The van der Waals surface area contributed by atoms with Gasteiger partial charge in [-0.1, -0.05) is 11.6 Å². The molecule has 0 radical (unpaired) electrons. The van der Waals surface area contributed by atoms with Gasteiger partial charge < -0.3 is 20.1 Å². The van der Waals surface area contributed by atoms with E-state index >= 15 is 0 Å². The summed E-state index contributed by atoms with van der Waals surface area (Å²) in [7, 11) is 3.27. The third-order valence-electron chi connectivity index (χ3n) is 3.45. The first kappa shape index (κ1) is 17.9. The number of methoxy groups -OCH3 is 1. The lowest BCUT2D eigenvalue weighted by Gasteiger charge is -2.21. The molecule has 21 heavy (non-hydrogen) atoms. The molecule has 1 aliphatic rings. The van der Waals surface area contributed by atoms with Crippen LogP contribution in [0.15, 0.2) is 12.1 Å². The highest BCUT2D eigenvalue weighted by molar-refractivity contribution is 6.33. The summed E-state index contributed by atoms with van der Waals surface area (Å²) in [4.78, 5) is 14.2. The minimum atomic E-state index is -0.129. The van der Waals surface area contributed by atoms with E-state index < -0.39 is 0 Å². The summed E-state index contributed by atoms with van der Waals surface area (Å²) in [6.07, 6.45) is 0.983. The molecule has 5 nitrogen and oxygen atoms in total. The van der Waals surface area contributed by atoms with E-state index in [4.69, 9.17) is 26.8 Å². The maximum atomic E-state index is 12.5. The summed E-state index contributed by atoms with van der Waals surface area (Å²) >= 11 is 5.99. The number of benzene rings is 1. The Bertz CT molecular complexity index is 505. The van der Waals surface area contributed by atoms with Gasteiger partial charge in [0.2, 0.25) is 0 Å². The number of carbonyl (C=O) groups is 1. The molecule has 1 aromatic rings. The Hall–Kier alpha value is -1.17. The lowest BCUT2D eigenvalue weighted by Crippen LogP contribution is -2.32. The Kier molecular flexibility index (Phi) is 6.58. The highest BCUT2D eigenvalue weighted by atomic mass is 35.5. The first-order valence-corrected chi connectivity index (χ1v) is 6.87. The van der Waals surface area contributed by atoms with Gasteiger partial charge in [-0.15, -0.1) is 12.4 Å². The van der Waals surface area contributed by atoms with Crippen LogP contribution >= 0.6 is 24.0 Å². The van der Waals surface area contributed by atoms with Gasteiger partial charge in [0, 0.05) is 32.2 Å². The molecule has 0 aliphatic carbocycles. The lowest BCUT2D eigenvalue weighted by molar-refractivity contribution is 0.0763. The second kappa shape index (κ2) is 7.73. The maximum absolute atomic E-state index is 12.5. The van der Waals surface area contributed by atoms with E-state index in [9.17, 15) is 4.79 Å². The fourth-order valence-corrected chi connectivity index (χ4v) is 2.47. The molecule has 0 saturated carbocycles. The largest absolute Gasteiger partial charge is 0.496 e. The molecular weight excluding hydrogens is 315 g/mol. The predicted octanol–water partition coefficient (Wildman–Crippen LogP) is 2.46. The zero-order valence-electron chi connectivity index (χ0n) is 12.1. The van der Waals surface area contributed by atoms with Gasteiger partial charge in [-0.05, 0) is 12.5 Å². The van der Waals surface area contributed by atoms with E-state index in [1.165, 1.54) is 7.11 Å². The van der Waals surface area contributed by atoms with Crippen molar-refractivity contribution in [3.8, 4) is 5.75 Å². The van der Waals surface area contributed by atoms with Crippen LogP contribution in [0.3, 0.4) is 0 Å². The molecule has 1 aliphatic heterocycles. The van der Waals surface area contributed by atoms with Crippen LogP contribution in [0.4, 0.5) is 5.69 Å². The number of nitrogens with two attached hydrogens (primary N) is 1. The van der Waals surface area contributed by atoms with E-state index in [-0.39, 0.29) is 18.3 Å². The van der Waals surface area contributed by atoms with E-state index in [1.54, 1.807) is 24.1 Å². The number of amides is 1. The van der Waals surface area contributed by atoms with Crippen LogP contribution in [0.2, 0.25) is 5.02 Å². The second-order valence-electron chi connectivity index (χ2n) is 4.99. The topological polar surface area (TPSA) is 64.8 Å². The van der Waals surface area contributed by atoms with Crippen molar-refractivity contribution in [1.29, 1.82) is 0 Å². The Morgan fingerprint density at radius 2 is 2.29 bits per heavy atom. The molecule has 118 valence electrons. The number of ether oxygens (including phenoxy) is 2. The van der Waals surface area contributed by atoms with Crippen molar-refractivity contribution in [2.75, 3.05) is 39.6 Å². The molecule has 0 bridgehead atoms. The minimum Gasteiger partial charge on any atom is -0.496 e. The molecule has 0 spiro atoms. The fourth-order valence-electron chi connectivity index (χ4n) is 2.31. The fraction of sp³-hybridized carbons (Fsp3) is 0.500. The van der Waals surface area contributed by atoms with Gasteiger partial charge in [0.15, 0.2) is 0 Å². The van der Waals surface area contributed by atoms with Crippen LogP contribution in [0, 0.1) is 5.92 Å². The van der Waals surface area contributed by atoms with Crippen molar-refractivity contribution in [2.45, 2.75) is 6.42 Å². The highest BCUT2D eigenvalue weighted by Gasteiger charge is 2.23. The van der Waals surface area contributed by atoms with Crippen LogP contribution < -0.4 is 10.5 Å². The van der Waals surface area contributed by atoms with Crippen LogP contribution in [-0.4, -0.2) is 44.7 Å². The first-order valence-electron chi connectivity index (χ1n) is 6.49. The third kappa shape index (κ3) is 4.15. The smallest absolute Gasteiger partial charge is 0.257 e. The molecular formula is C14H20Cl2N2O3. The Balaban J connectivity index is 0.00000220. The zero-order chi connectivity index (χ0) is 14.7. The van der Waals surface area contributed by atoms with E-state index in [1.807, 2.05) is 0 Å². The molecule has 1 saturated heterocycles. The Morgan fingerprint density at radius 3 is 2.86 bits per heavy atom. The predicted molar refractivity (Wildman–Crippen MR) is 85.6 cm³/mol. The summed E-state index contributed by atoms with van der Waals surface area (Å²) in [6, 6.07) is 3.13. The molecule has 1 atom stereocenters. The molecule has 0 aromatic heterocycles. The third-order valence-corrected chi connectivity index (χ3v) is 3.78. The number of hydrogen-bond donors (Lipinski definition) is 1. The summed E-state index contributed by atoms with van der Waals surface area (Å²) in [6.45, 7) is 2.13. The molecule has 1 unspecified atom stereocenters. The van der Waals surface area contributed by atoms with Gasteiger partial charge in [0.25, 0.3) is 5.91 Å². The van der Waals surface area contributed by atoms with Gasteiger partial charge in [0.05, 0.1) is 30.0 Å². The molecule has 1 amide bonds. The van der Waals surface area contributed by atoms with Crippen molar-refractivity contribution in [3.63, 3.8) is 0 Å². The lowest BCUT2D eigenvalue weighted by atomic mass is 10.1. The van der Waals surface area contributed by atoms with Crippen molar-refractivity contribution >= 4 is 35.6 Å². The van der Waals surface area contributed by atoms with Crippen LogP contribution in [0.25, 0.3) is 0 Å². The minimum absolute atomic E-state index is 0. The SMILES string of the molecule is COc1cc(N)c(Cl)cc1C(=O)N(C)CC1CCOC1.Cl. The van der Waals surface area contributed by atoms with E-state index in [0.29, 0.717) is 41.1 Å². The number of rotatable bonds is 4. The normalized spacial score (nSPS) is 17.2. The second-order valence-corrected chi connectivity index (χ2v) is 5.40. The zero-order valence-corrected chi connectivity index (χ0v) is 13.7. The summed E-state index contributed by atoms with van der Waals surface area (Å²) in [5, 5.41) is 0.353. The molecule has 7 heteroatoms. The summed E-state index contributed by atoms with van der Waals surface area (Å²) < 4.78 is 10.5. The van der Waals surface area contributed by atoms with E-state index in [0.717, 1.165) is 13.0 Å². The number of anilines is 1. The van der Waals surface area contributed by atoms with Crippen molar-refractivity contribution in [1.82, 2.24) is 4.90 Å². The molecule has 1 heterocycles. The van der Waals surface area contributed by atoms with Gasteiger partial charge in [0.1, 0.15) is 5.75 Å². The quantitative estimate of drug-likeness (QED) is 0.859. The highest BCUT2D eigenvalue weighted by Crippen LogP contribution is 2.29. The Morgan fingerprint density at radius 1 is 1.57 bits per heavy atom. The van der Waals surface area contributed by atoms with Crippen molar-refractivity contribution in [3.05, 3.63) is 22.7 Å². The number of hydrogen-bond acceptors (Lipinski definition) is 4. The van der Waals surface area contributed by atoms with Crippen LogP contribution in [0.5, 0.6) is 5.75 Å². The molecule has 1 aromatic carbocycles. The standard InChI is InChI=1S/C14H19ClN2O3.ClH/c1-17(7-9-3-4-20-8-9)14(18)10-5-11(15)12(16)6-13(10)19-2;/h5-6,9H,3-4,7-8,16H2,1-2H3;1H. The molecule has 1 fully saturated rings. The maximum Gasteiger partial charge on any atom is 0.257 e. The van der Waals surface area contributed by atoms with Gasteiger partial charge in [-0.25, -0.2) is 0 Å². The number of carbonyl (C=O) groups excluding carboxylic acids is 1. The summed E-state index contributed by atoms with van der Waals surface area (Å²) in [5.74, 6) is 0.696. The first-order chi connectivity index (χ1) is 9.52. The average molecular weight is 335 g/mol. The molecule has 2 N–H and O–H groups in total. The van der Waals surface area contributed by atoms with Gasteiger partial charge in [-0.3, -0.25) is 4.79 Å². The average Bonchev–Trinajstić information content (AvgIpc) is 2.93. The van der Waals surface area contributed by atoms with E-state index in [2.05, 4.69) is 0 Å². The Labute approximate surface area is 135 Å². The van der Waals surface area contributed by atoms with Gasteiger partial charge >= 0.3 is 0 Å². The van der Waals surface area contributed by atoms with Gasteiger partial charge in [-0.2, -0.15) is 0 Å². The van der Waals surface area contributed by atoms with Crippen LogP contribution in [-0.2, 0) is 4.74 Å². The molecule has 2 rings (SSSR count). The van der Waals surface area contributed by atoms with Crippen molar-refractivity contribution < 1.29 is 14.3 Å². The number of nitrogens with zero attached hydrogens (tertiary/aromatic N) is 1. The summed E-state index contributed by atoms with van der Waals surface area (Å²) in [5.41, 5.74) is 6.54. The monoisotopic (exact) mass is 334 g/mol. The number of halogens is 2. The van der Waals surface area contributed by atoms with Crippen LogP contribution in [0.1, 0.15) is 16.8 Å². The van der Waals surface area contributed by atoms with Crippen molar-refractivity contribution in [2.24, 2.45) is 5.92 Å².